The normalized spacial score (nSPS) is 26.5. The molecule has 9 nitrogen and oxygen atoms in total. The third-order valence-electron chi connectivity index (χ3n) is 7.81. The Hall–Kier alpha value is -1.71. The lowest BCUT2D eigenvalue weighted by Gasteiger charge is -2.32. The van der Waals surface area contributed by atoms with E-state index < -0.39 is 0 Å². The van der Waals surface area contributed by atoms with Gasteiger partial charge in [-0.2, -0.15) is 15.0 Å². The van der Waals surface area contributed by atoms with Crippen molar-refractivity contribution in [3.63, 3.8) is 0 Å². The SMILES string of the molecule is C[C@@H]1CN(c2nc(N)nc(NCC3CCC(CNCCCNC4CCCCC4)CC3)n2)CCN1. The summed E-state index contributed by atoms with van der Waals surface area (Å²) in [4.78, 5) is 15.5. The monoisotopic (exact) mass is 473 g/mol. The highest BCUT2D eigenvalue weighted by Gasteiger charge is 2.22. The standard InChI is InChI=1S/C25H47N9/c1-19-18-34(15-14-28-19)25-32-23(26)31-24(33-25)30-17-21-10-8-20(9-11-21)16-27-12-5-13-29-22-6-3-2-4-7-22/h19-22,27-29H,2-18H2,1H3,(H3,26,30,31,32,33)/t19-,20?,21?/m1/s1. The fraction of sp³-hybridized carbons (Fsp3) is 0.880. The summed E-state index contributed by atoms with van der Waals surface area (Å²) in [6.07, 6.45) is 13.4. The maximum Gasteiger partial charge on any atom is 0.232 e. The molecule has 1 saturated heterocycles. The van der Waals surface area contributed by atoms with Gasteiger partial charge < -0.3 is 31.9 Å². The minimum absolute atomic E-state index is 0.294. The smallest absolute Gasteiger partial charge is 0.232 e. The second-order valence-electron chi connectivity index (χ2n) is 10.7. The highest BCUT2D eigenvalue weighted by atomic mass is 15.3. The molecule has 1 aromatic rings. The van der Waals surface area contributed by atoms with Crippen molar-refractivity contribution in [3.05, 3.63) is 0 Å². The maximum atomic E-state index is 5.99. The zero-order valence-electron chi connectivity index (χ0n) is 21.2. The topological polar surface area (TPSA) is 116 Å². The van der Waals surface area contributed by atoms with E-state index in [-0.39, 0.29) is 0 Å². The van der Waals surface area contributed by atoms with E-state index in [0.717, 1.165) is 51.2 Å². The van der Waals surface area contributed by atoms with Crippen LogP contribution in [0.2, 0.25) is 0 Å². The third kappa shape index (κ3) is 8.20. The van der Waals surface area contributed by atoms with Gasteiger partial charge in [-0.25, -0.2) is 0 Å². The minimum Gasteiger partial charge on any atom is -0.368 e. The van der Waals surface area contributed by atoms with Crippen LogP contribution in [-0.2, 0) is 0 Å². The molecule has 1 aromatic heterocycles. The zero-order valence-corrected chi connectivity index (χ0v) is 21.2. The molecule has 2 saturated carbocycles. The molecule has 2 heterocycles. The van der Waals surface area contributed by atoms with Gasteiger partial charge in [0.1, 0.15) is 0 Å². The van der Waals surface area contributed by atoms with Crippen molar-refractivity contribution < 1.29 is 0 Å². The first-order valence-corrected chi connectivity index (χ1v) is 13.8. The Balaban J connectivity index is 1.09. The lowest BCUT2D eigenvalue weighted by Crippen LogP contribution is -2.50. The average molecular weight is 474 g/mol. The molecule has 192 valence electrons. The van der Waals surface area contributed by atoms with Crippen molar-refractivity contribution in [2.75, 3.05) is 61.8 Å². The summed E-state index contributed by atoms with van der Waals surface area (Å²) in [5.41, 5.74) is 5.99. The Kier molecular flexibility index (Phi) is 10.0. The lowest BCUT2D eigenvalue weighted by molar-refractivity contribution is 0.275. The van der Waals surface area contributed by atoms with Crippen LogP contribution in [0.3, 0.4) is 0 Å². The molecule has 1 atom stereocenters. The molecule has 0 unspecified atom stereocenters. The molecule has 0 amide bonds. The van der Waals surface area contributed by atoms with Crippen molar-refractivity contribution in [3.8, 4) is 0 Å². The first-order chi connectivity index (χ1) is 16.7. The van der Waals surface area contributed by atoms with E-state index in [1.165, 1.54) is 70.8 Å². The molecule has 3 aliphatic rings. The number of nitrogen functional groups attached to an aromatic ring is 1. The average Bonchev–Trinajstić information content (AvgIpc) is 2.86. The predicted molar refractivity (Wildman–Crippen MR) is 140 cm³/mol. The van der Waals surface area contributed by atoms with Gasteiger partial charge in [-0.3, -0.25) is 0 Å². The van der Waals surface area contributed by atoms with Gasteiger partial charge in [0.2, 0.25) is 17.8 Å². The second kappa shape index (κ2) is 13.4. The van der Waals surface area contributed by atoms with Crippen LogP contribution in [0.15, 0.2) is 0 Å². The van der Waals surface area contributed by atoms with Gasteiger partial charge in [-0.1, -0.05) is 19.3 Å². The number of nitrogens with zero attached hydrogens (tertiary/aromatic N) is 4. The molecule has 3 fully saturated rings. The van der Waals surface area contributed by atoms with Gasteiger partial charge in [0.15, 0.2) is 0 Å². The Bertz CT molecular complexity index is 716. The van der Waals surface area contributed by atoms with E-state index in [0.29, 0.717) is 29.8 Å². The van der Waals surface area contributed by atoms with Crippen molar-refractivity contribution in [1.29, 1.82) is 0 Å². The van der Waals surface area contributed by atoms with Gasteiger partial charge in [0.25, 0.3) is 0 Å². The molecule has 34 heavy (non-hydrogen) atoms. The number of nitrogens with two attached hydrogens (primary N) is 1. The Labute approximate surface area is 205 Å². The number of hydrogen-bond acceptors (Lipinski definition) is 9. The van der Waals surface area contributed by atoms with Crippen LogP contribution < -0.4 is 31.9 Å². The molecular formula is C25H47N9. The maximum absolute atomic E-state index is 5.99. The van der Waals surface area contributed by atoms with Gasteiger partial charge in [-0.05, 0) is 83.3 Å². The molecule has 0 aromatic carbocycles. The molecular weight excluding hydrogens is 426 g/mol. The molecule has 2 aliphatic carbocycles. The fourth-order valence-electron chi connectivity index (χ4n) is 5.72. The van der Waals surface area contributed by atoms with Crippen molar-refractivity contribution >= 4 is 17.8 Å². The summed E-state index contributed by atoms with van der Waals surface area (Å²) >= 11 is 0. The van der Waals surface area contributed by atoms with Gasteiger partial charge in [-0.15, -0.1) is 0 Å². The first-order valence-electron chi connectivity index (χ1n) is 13.8. The largest absolute Gasteiger partial charge is 0.368 e. The van der Waals surface area contributed by atoms with E-state index >= 15 is 0 Å². The molecule has 0 bridgehead atoms. The summed E-state index contributed by atoms with van der Waals surface area (Å²) in [5.74, 6) is 3.09. The molecule has 9 heteroatoms. The molecule has 4 rings (SSSR count). The van der Waals surface area contributed by atoms with Gasteiger partial charge >= 0.3 is 0 Å². The van der Waals surface area contributed by atoms with E-state index in [2.05, 4.69) is 48.0 Å². The van der Waals surface area contributed by atoms with Crippen LogP contribution in [0.5, 0.6) is 0 Å². The van der Waals surface area contributed by atoms with Crippen LogP contribution in [0.4, 0.5) is 17.8 Å². The van der Waals surface area contributed by atoms with Crippen molar-refractivity contribution in [1.82, 2.24) is 30.9 Å². The zero-order chi connectivity index (χ0) is 23.6. The highest BCUT2D eigenvalue weighted by Crippen LogP contribution is 2.28. The number of rotatable bonds is 11. The number of nitrogens with one attached hydrogen (secondary N) is 4. The lowest BCUT2D eigenvalue weighted by atomic mass is 9.82. The van der Waals surface area contributed by atoms with Crippen LogP contribution in [0.1, 0.15) is 71.1 Å². The van der Waals surface area contributed by atoms with Crippen molar-refractivity contribution in [2.24, 2.45) is 11.8 Å². The summed E-state index contributed by atoms with van der Waals surface area (Å²) in [6.45, 7) is 9.26. The Morgan fingerprint density at radius 1 is 0.941 bits per heavy atom. The Morgan fingerprint density at radius 3 is 2.47 bits per heavy atom. The summed E-state index contributed by atoms with van der Waals surface area (Å²) in [7, 11) is 0. The first kappa shape index (κ1) is 25.4. The summed E-state index contributed by atoms with van der Waals surface area (Å²) in [5, 5.41) is 14.3. The van der Waals surface area contributed by atoms with E-state index in [4.69, 9.17) is 5.73 Å². The second-order valence-corrected chi connectivity index (χ2v) is 10.7. The van der Waals surface area contributed by atoms with Crippen molar-refractivity contribution in [2.45, 2.75) is 83.2 Å². The third-order valence-corrected chi connectivity index (χ3v) is 7.81. The number of anilines is 3. The van der Waals surface area contributed by atoms with E-state index in [1.54, 1.807) is 0 Å². The highest BCUT2D eigenvalue weighted by molar-refractivity contribution is 5.42. The number of aromatic nitrogens is 3. The minimum atomic E-state index is 0.294. The quantitative estimate of drug-likeness (QED) is 0.309. The van der Waals surface area contributed by atoms with E-state index in [9.17, 15) is 0 Å². The number of hydrogen-bond donors (Lipinski definition) is 5. The molecule has 0 radical (unpaired) electrons. The predicted octanol–water partition coefficient (Wildman–Crippen LogP) is 2.37. The van der Waals surface area contributed by atoms with Crippen LogP contribution in [-0.4, -0.2) is 72.8 Å². The van der Waals surface area contributed by atoms with Crippen LogP contribution >= 0.6 is 0 Å². The molecule has 6 N–H and O–H groups in total. The fourth-order valence-corrected chi connectivity index (χ4v) is 5.72. The summed E-state index contributed by atoms with van der Waals surface area (Å²) < 4.78 is 0. The molecule has 0 spiro atoms. The van der Waals surface area contributed by atoms with Crippen LogP contribution in [0, 0.1) is 11.8 Å². The summed E-state index contributed by atoms with van der Waals surface area (Å²) in [6, 6.07) is 1.20. The molecule has 1 aliphatic heterocycles. The van der Waals surface area contributed by atoms with Gasteiger partial charge in [0.05, 0.1) is 0 Å². The van der Waals surface area contributed by atoms with Gasteiger partial charge in [0, 0.05) is 38.3 Å². The Morgan fingerprint density at radius 2 is 1.71 bits per heavy atom. The number of piperazine rings is 1. The van der Waals surface area contributed by atoms with E-state index in [1.807, 2.05) is 0 Å². The van der Waals surface area contributed by atoms with Crippen LogP contribution in [0.25, 0.3) is 0 Å².